The van der Waals surface area contributed by atoms with Crippen LogP contribution < -0.4 is 10.1 Å². The summed E-state index contributed by atoms with van der Waals surface area (Å²) in [6.07, 6.45) is -3.84. The predicted octanol–water partition coefficient (Wildman–Crippen LogP) is 6.39. The minimum atomic E-state index is -4.44. The summed E-state index contributed by atoms with van der Waals surface area (Å²) >= 11 is 3.47. The van der Waals surface area contributed by atoms with Crippen LogP contribution in [0.4, 0.5) is 18.9 Å². The third kappa shape index (κ3) is 6.57. The highest BCUT2D eigenvalue weighted by atomic mass is 79.9. The largest absolute Gasteiger partial charge is 0.492 e. The van der Waals surface area contributed by atoms with E-state index in [4.69, 9.17) is 4.74 Å². The van der Waals surface area contributed by atoms with Crippen molar-refractivity contribution in [2.75, 3.05) is 11.9 Å². The van der Waals surface area contributed by atoms with Crippen molar-refractivity contribution in [1.82, 2.24) is 0 Å². The summed E-state index contributed by atoms with van der Waals surface area (Å²) in [4.78, 5) is 11.9. The second kappa shape index (κ2) is 9.26. The molecule has 0 spiro atoms. The molecule has 0 heterocycles. The number of nitrogens with one attached hydrogen (secondary N) is 1. The number of ether oxygens (including phenoxy) is 1. The topological polar surface area (TPSA) is 38.3 Å². The molecule has 27 heavy (non-hydrogen) atoms. The first-order chi connectivity index (χ1) is 12.7. The molecule has 146 valence electrons. The quantitative estimate of drug-likeness (QED) is 0.503. The Morgan fingerprint density at radius 1 is 1.19 bits per heavy atom. The Balaban J connectivity index is 1.80. The SMILES string of the molecule is CC(C)c1ccc(OCCCC(=O)Nc2cccc(C(F)(F)F)c2)c(Br)c1. The van der Waals surface area contributed by atoms with Crippen LogP contribution in [-0.2, 0) is 11.0 Å². The molecule has 0 saturated heterocycles. The maximum Gasteiger partial charge on any atom is 0.416 e. The summed E-state index contributed by atoms with van der Waals surface area (Å²) in [5, 5.41) is 2.48. The molecule has 0 atom stereocenters. The van der Waals surface area contributed by atoms with Crippen molar-refractivity contribution in [2.45, 2.75) is 38.8 Å². The smallest absolute Gasteiger partial charge is 0.416 e. The van der Waals surface area contributed by atoms with E-state index in [2.05, 4.69) is 35.1 Å². The zero-order valence-electron chi connectivity index (χ0n) is 15.1. The molecular weight excluding hydrogens is 423 g/mol. The zero-order valence-corrected chi connectivity index (χ0v) is 16.7. The van der Waals surface area contributed by atoms with E-state index >= 15 is 0 Å². The standard InChI is InChI=1S/C20H21BrF3NO2/c1-13(2)14-8-9-18(17(21)11-14)27-10-4-7-19(26)25-16-6-3-5-15(12-16)20(22,23)24/h3,5-6,8-9,11-13H,4,7,10H2,1-2H3,(H,25,26). The lowest BCUT2D eigenvalue weighted by Gasteiger charge is -2.12. The van der Waals surface area contributed by atoms with E-state index < -0.39 is 11.7 Å². The molecule has 0 unspecified atom stereocenters. The third-order valence-electron chi connectivity index (χ3n) is 3.90. The van der Waals surface area contributed by atoms with Crippen molar-refractivity contribution in [1.29, 1.82) is 0 Å². The molecule has 2 aromatic rings. The lowest BCUT2D eigenvalue weighted by atomic mass is 10.0. The Labute approximate surface area is 165 Å². The molecule has 0 fully saturated rings. The Morgan fingerprint density at radius 2 is 1.93 bits per heavy atom. The van der Waals surface area contributed by atoms with E-state index in [1.165, 1.54) is 17.7 Å². The molecule has 2 rings (SSSR count). The monoisotopic (exact) mass is 443 g/mol. The van der Waals surface area contributed by atoms with Crippen LogP contribution in [0.5, 0.6) is 5.75 Å². The molecule has 0 radical (unpaired) electrons. The van der Waals surface area contributed by atoms with Crippen molar-refractivity contribution in [2.24, 2.45) is 0 Å². The summed E-state index contributed by atoms with van der Waals surface area (Å²) in [6, 6.07) is 10.4. The molecule has 2 aromatic carbocycles. The normalized spacial score (nSPS) is 11.5. The average molecular weight is 444 g/mol. The highest BCUT2D eigenvalue weighted by Crippen LogP contribution is 2.31. The lowest BCUT2D eigenvalue weighted by molar-refractivity contribution is -0.137. The van der Waals surface area contributed by atoms with Gasteiger partial charge in [-0.25, -0.2) is 0 Å². The van der Waals surface area contributed by atoms with E-state index in [9.17, 15) is 18.0 Å². The fraction of sp³-hybridized carbons (Fsp3) is 0.350. The number of hydrogen-bond acceptors (Lipinski definition) is 2. The molecule has 0 aliphatic carbocycles. The van der Waals surface area contributed by atoms with Crippen LogP contribution >= 0.6 is 15.9 Å². The van der Waals surface area contributed by atoms with Crippen LogP contribution in [0.15, 0.2) is 46.9 Å². The molecule has 3 nitrogen and oxygen atoms in total. The van der Waals surface area contributed by atoms with Gasteiger partial charge in [0.25, 0.3) is 0 Å². The van der Waals surface area contributed by atoms with Gasteiger partial charge < -0.3 is 10.1 Å². The number of benzene rings is 2. The number of halogens is 4. The Morgan fingerprint density at radius 3 is 2.56 bits per heavy atom. The Hall–Kier alpha value is -2.02. The van der Waals surface area contributed by atoms with Crippen LogP contribution in [-0.4, -0.2) is 12.5 Å². The van der Waals surface area contributed by atoms with Gasteiger partial charge >= 0.3 is 6.18 Å². The van der Waals surface area contributed by atoms with E-state index in [-0.39, 0.29) is 18.0 Å². The van der Waals surface area contributed by atoms with Crippen molar-refractivity contribution >= 4 is 27.5 Å². The Kier molecular flexibility index (Phi) is 7.30. The molecular formula is C20H21BrF3NO2. The third-order valence-corrected chi connectivity index (χ3v) is 4.52. The van der Waals surface area contributed by atoms with Crippen molar-refractivity contribution in [3.63, 3.8) is 0 Å². The van der Waals surface area contributed by atoms with Gasteiger partial charge in [0.2, 0.25) is 5.91 Å². The first kappa shape index (κ1) is 21.3. The number of rotatable bonds is 7. The fourth-order valence-corrected chi connectivity index (χ4v) is 2.92. The number of alkyl halides is 3. The van der Waals surface area contributed by atoms with Crippen molar-refractivity contribution < 1.29 is 22.7 Å². The molecule has 0 aromatic heterocycles. The van der Waals surface area contributed by atoms with E-state index in [1.807, 2.05) is 18.2 Å². The molecule has 0 bridgehead atoms. The summed E-state index contributed by atoms with van der Waals surface area (Å²) in [5.74, 6) is 0.750. The number of amides is 1. The highest BCUT2D eigenvalue weighted by molar-refractivity contribution is 9.10. The molecule has 0 aliphatic rings. The van der Waals surface area contributed by atoms with Crippen LogP contribution in [0, 0.1) is 0 Å². The average Bonchev–Trinajstić information content (AvgIpc) is 2.59. The number of carbonyl (C=O) groups is 1. The molecule has 0 saturated carbocycles. The van der Waals surface area contributed by atoms with Gasteiger partial charge in [0.05, 0.1) is 16.6 Å². The summed E-state index contributed by atoms with van der Waals surface area (Å²) < 4.78 is 44.6. The maximum atomic E-state index is 12.7. The van der Waals surface area contributed by atoms with Gasteiger partial charge in [-0.3, -0.25) is 4.79 Å². The van der Waals surface area contributed by atoms with Crippen molar-refractivity contribution in [3.05, 3.63) is 58.1 Å². The Bertz CT molecular complexity index is 791. The zero-order chi connectivity index (χ0) is 20.0. The fourth-order valence-electron chi connectivity index (χ4n) is 2.40. The second-order valence-electron chi connectivity index (χ2n) is 6.42. The summed E-state index contributed by atoms with van der Waals surface area (Å²) in [7, 11) is 0. The van der Waals surface area contributed by atoms with E-state index in [0.717, 1.165) is 16.6 Å². The van der Waals surface area contributed by atoms with Gasteiger partial charge in [-0.15, -0.1) is 0 Å². The van der Waals surface area contributed by atoms with Gasteiger partial charge in [-0.1, -0.05) is 26.0 Å². The van der Waals surface area contributed by atoms with Gasteiger partial charge in [-0.2, -0.15) is 13.2 Å². The maximum absolute atomic E-state index is 12.7. The van der Waals surface area contributed by atoms with E-state index in [0.29, 0.717) is 24.7 Å². The van der Waals surface area contributed by atoms with Gasteiger partial charge in [-0.05, 0) is 64.2 Å². The first-order valence-corrected chi connectivity index (χ1v) is 9.35. The summed E-state index contributed by atoms with van der Waals surface area (Å²) in [5.41, 5.74) is 0.524. The van der Waals surface area contributed by atoms with Crippen LogP contribution in [0.25, 0.3) is 0 Å². The first-order valence-electron chi connectivity index (χ1n) is 8.56. The minimum Gasteiger partial charge on any atom is -0.492 e. The van der Waals surface area contributed by atoms with Crippen molar-refractivity contribution in [3.8, 4) is 5.75 Å². The van der Waals surface area contributed by atoms with Gasteiger partial charge in [0.15, 0.2) is 0 Å². The summed E-state index contributed by atoms with van der Waals surface area (Å²) in [6.45, 7) is 4.53. The number of carbonyl (C=O) groups excluding carboxylic acids is 1. The molecule has 1 amide bonds. The van der Waals surface area contributed by atoms with Crippen LogP contribution in [0.3, 0.4) is 0 Å². The highest BCUT2D eigenvalue weighted by Gasteiger charge is 2.30. The number of anilines is 1. The second-order valence-corrected chi connectivity index (χ2v) is 7.28. The lowest BCUT2D eigenvalue weighted by Crippen LogP contribution is -2.14. The van der Waals surface area contributed by atoms with Gasteiger partial charge in [0.1, 0.15) is 5.75 Å². The van der Waals surface area contributed by atoms with Crippen LogP contribution in [0.1, 0.15) is 43.7 Å². The van der Waals surface area contributed by atoms with Gasteiger partial charge in [0, 0.05) is 12.1 Å². The minimum absolute atomic E-state index is 0.128. The van der Waals surface area contributed by atoms with Crippen LogP contribution in [0.2, 0.25) is 0 Å². The molecule has 1 N–H and O–H groups in total. The number of hydrogen-bond donors (Lipinski definition) is 1. The predicted molar refractivity (Wildman–Crippen MR) is 103 cm³/mol. The molecule has 0 aliphatic heterocycles. The molecule has 7 heteroatoms. The van der Waals surface area contributed by atoms with E-state index in [1.54, 1.807) is 0 Å².